The van der Waals surface area contributed by atoms with Gasteiger partial charge in [-0.1, -0.05) is 26.0 Å². The summed E-state index contributed by atoms with van der Waals surface area (Å²) >= 11 is 0. The lowest BCUT2D eigenvalue weighted by atomic mass is 10.0. The molecule has 2 atom stereocenters. The second-order valence-electron chi connectivity index (χ2n) is 14.3. The van der Waals surface area contributed by atoms with Gasteiger partial charge in [-0.3, -0.25) is 9.59 Å². The van der Waals surface area contributed by atoms with E-state index in [2.05, 4.69) is 5.32 Å². The number of esters is 1. The maximum Gasteiger partial charge on any atom is 0.308 e. The summed E-state index contributed by atoms with van der Waals surface area (Å²) in [4.78, 5) is 31.3. The Morgan fingerprint density at radius 2 is 1.67 bits per heavy atom. The highest BCUT2D eigenvalue weighted by Gasteiger charge is 2.37. The topological polar surface area (TPSA) is 129 Å². The van der Waals surface area contributed by atoms with Crippen LogP contribution in [-0.2, 0) is 42.1 Å². The predicted octanol–water partition coefficient (Wildman–Crippen LogP) is 6.03. The molecule has 3 aromatic rings. The minimum atomic E-state index is -3.58. The summed E-state index contributed by atoms with van der Waals surface area (Å²) in [6, 6.07) is 12.3. The van der Waals surface area contributed by atoms with Crippen molar-refractivity contribution in [3.8, 4) is 11.4 Å². The number of carbonyl (C=O) groups is 2. The molecule has 268 valence electrons. The molecule has 0 radical (unpaired) electrons. The van der Waals surface area contributed by atoms with E-state index < -0.39 is 33.4 Å². The van der Waals surface area contributed by atoms with Crippen molar-refractivity contribution >= 4 is 21.9 Å². The lowest BCUT2D eigenvalue weighted by Crippen LogP contribution is -2.46. The molecule has 1 saturated heterocycles. The van der Waals surface area contributed by atoms with Crippen molar-refractivity contribution in [1.29, 1.82) is 0 Å². The van der Waals surface area contributed by atoms with Crippen molar-refractivity contribution in [2.24, 2.45) is 0 Å². The summed E-state index contributed by atoms with van der Waals surface area (Å²) in [6.45, 7) is 13.7. The van der Waals surface area contributed by atoms with Gasteiger partial charge in [0.1, 0.15) is 22.9 Å². The van der Waals surface area contributed by atoms with Gasteiger partial charge in [0.25, 0.3) is 5.91 Å². The monoisotopic (exact) mass is 700 g/mol. The predicted molar refractivity (Wildman–Crippen MR) is 184 cm³/mol. The van der Waals surface area contributed by atoms with Crippen molar-refractivity contribution in [2.45, 2.75) is 115 Å². The molecule has 1 fully saturated rings. The second-order valence-corrected chi connectivity index (χ2v) is 16.4. The van der Waals surface area contributed by atoms with Gasteiger partial charge in [0.15, 0.2) is 5.79 Å². The van der Waals surface area contributed by atoms with Crippen LogP contribution in [0.25, 0.3) is 11.4 Å². The van der Waals surface area contributed by atoms with Crippen LogP contribution in [0.3, 0.4) is 0 Å². The Balaban J connectivity index is 1.59. The fraction of sp³-hybridized carbons (Fsp3) is 0.528. The molecule has 0 aliphatic carbocycles. The first-order valence-electron chi connectivity index (χ1n) is 16.5. The number of ether oxygens (including phenoxy) is 3. The Morgan fingerprint density at radius 1 is 1.06 bits per heavy atom. The van der Waals surface area contributed by atoms with Crippen molar-refractivity contribution in [1.82, 2.24) is 19.2 Å². The van der Waals surface area contributed by atoms with Crippen molar-refractivity contribution in [2.75, 3.05) is 14.1 Å². The van der Waals surface area contributed by atoms with E-state index in [0.717, 1.165) is 9.87 Å². The van der Waals surface area contributed by atoms with E-state index in [0.29, 0.717) is 36.5 Å². The number of sulfonamides is 1. The molecule has 1 amide bonds. The highest BCUT2D eigenvalue weighted by molar-refractivity contribution is 7.89. The summed E-state index contributed by atoms with van der Waals surface area (Å²) in [5.41, 5.74) is 1.72. The van der Waals surface area contributed by atoms with E-state index in [1.54, 1.807) is 24.3 Å². The first-order chi connectivity index (χ1) is 22.8. The molecule has 2 heterocycles. The van der Waals surface area contributed by atoms with Gasteiger partial charge in [0.2, 0.25) is 10.0 Å². The molecular weight excluding hydrogens is 651 g/mol. The number of carbonyl (C=O) groups excluding carboxylic acids is 2. The lowest BCUT2D eigenvalue weighted by Gasteiger charge is -2.41. The molecule has 0 bridgehead atoms. The van der Waals surface area contributed by atoms with Crippen LogP contribution in [0, 0.1) is 5.82 Å². The number of rotatable bonds is 12. The van der Waals surface area contributed by atoms with Crippen LogP contribution in [0.15, 0.2) is 53.4 Å². The van der Waals surface area contributed by atoms with E-state index in [-0.39, 0.29) is 47.4 Å². The number of amides is 1. The van der Waals surface area contributed by atoms with Crippen LogP contribution < -0.4 is 5.32 Å². The van der Waals surface area contributed by atoms with Crippen molar-refractivity contribution in [3.05, 3.63) is 71.3 Å². The third kappa shape index (κ3) is 9.96. The van der Waals surface area contributed by atoms with E-state index in [1.807, 2.05) is 53.0 Å². The zero-order chi connectivity index (χ0) is 36.3. The van der Waals surface area contributed by atoms with Crippen LogP contribution in [0.1, 0.15) is 95.4 Å². The Bertz CT molecular complexity index is 1730. The van der Waals surface area contributed by atoms with Crippen LogP contribution in [0.4, 0.5) is 4.39 Å². The number of benzene rings is 2. The molecule has 1 aliphatic rings. The van der Waals surface area contributed by atoms with Gasteiger partial charge >= 0.3 is 5.97 Å². The van der Waals surface area contributed by atoms with Crippen LogP contribution in [0.5, 0.6) is 0 Å². The van der Waals surface area contributed by atoms with E-state index in [4.69, 9.17) is 19.2 Å². The number of hydrogen-bond donors (Lipinski definition) is 1. The second kappa shape index (κ2) is 15.1. The molecule has 0 unspecified atom stereocenters. The summed E-state index contributed by atoms with van der Waals surface area (Å²) in [6.07, 6.45) is 0.442. The van der Waals surface area contributed by atoms with Gasteiger partial charge in [-0.15, -0.1) is 0 Å². The standard InChI is InChI=1S/C36H49FN4O7S/c1-23(2)32-31(34(43)38-22-24-10-16-29(17-11-24)49(44,45)40(8)9)39-33(25-12-14-26(37)15-13-25)41(32)19-18-27-20-28(47-36(6,7)46-27)21-30(42)48-35(3,4)5/h10-17,23,27-28H,18-22H2,1-9H3,(H,38,43)/t27-,28-/m1/s1. The normalized spacial score (nSPS) is 18.1. The van der Waals surface area contributed by atoms with Crippen LogP contribution >= 0.6 is 0 Å². The summed E-state index contributed by atoms with van der Waals surface area (Å²) in [5.74, 6) is -1.63. The third-order valence-electron chi connectivity index (χ3n) is 7.94. The molecule has 2 aromatic carbocycles. The fourth-order valence-corrected chi connectivity index (χ4v) is 6.79. The number of nitrogens with zero attached hydrogens (tertiary/aromatic N) is 3. The van der Waals surface area contributed by atoms with Gasteiger partial charge in [-0.25, -0.2) is 22.1 Å². The lowest BCUT2D eigenvalue weighted by molar-refractivity contribution is -0.301. The number of halogens is 1. The average Bonchev–Trinajstić information content (AvgIpc) is 3.37. The number of aromatic nitrogens is 2. The maximum absolute atomic E-state index is 13.9. The molecule has 1 aliphatic heterocycles. The Hall–Kier alpha value is -3.65. The fourth-order valence-electron chi connectivity index (χ4n) is 5.88. The molecule has 4 rings (SSSR count). The van der Waals surface area contributed by atoms with Gasteiger partial charge in [0.05, 0.1) is 29.2 Å². The maximum atomic E-state index is 13.9. The summed E-state index contributed by atoms with van der Waals surface area (Å²) in [5, 5.41) is 2.93. The van der Waals surface area contributed by atoms with E-state index >= 15 is 0 Å². The molecule has 0 spiro atoms. The number of imidazole rings is 1. The Labute approximate surface area is 289 Å². The SMILES string of the molecule is CC(C)c1c(C(=O)NCc2ccc(S(=O)(=O)N(C)C)cc2)nc(-c2ccc(F)cc2)n1CC[C@@H]1C[C@H](CC(=O)OC(C)(C)C)OC(C)(C)O1. The smallest absolute Gasteiger partial charge is 0.308 e. The molecule has 49 heavy (non-hydrogen) atoms. The molecule has 1 N–H and O–H groups in total. The van der Waals surface area contributed by atoms with Gasteiger partial charge in [-0.05, 0) is 88.9 Å². The average molecular weight is 701 g/mol. The first-order valence-corrected chi connectivity index (χ1v) is 17.9. The molecule has 13 heteroatoms. The molecule has 11 nitrogen and oxygen atoms in total. The zero-order valence-corrected chi connectivity index (χ0v) is 30.7. The van der Waals surface area contributed by atoms with Crippen LogP contribution in [-0.4, -0.2) is 71.8 Å². The highest BCUT2D eigenvalue weighted by atomic mass is 32.2. The number of hydrogen-bond acceptors (Lipinski definition) is 8. The summed E-state index contributed by atoms with van der Waals surface area (Å²) in [7, 11) is -0.640. The van der Waals surface area contributed by atoms with Crippen molar-refractivity contribution < 1.29 is 36.6 Å². The largest absolute Gasteiger partial charge is 0.460 e. The Morgan fingerprint density at radius 3 is 2.24 bits per heavy atom. The minimum absolute atomic E-state index is 0.0994. The third-order valence-corrected chi connectivity index (χ3v) is 9.77. The van der Waals surface area contributed by atoms with Gasteiger partial charge < -0.3 is 24.1 Å². The first kappa shape index (κ1) is 38.2. The zero-order valence-electron chi connectivity index (χ0n) is 29.9. The molecule has 1 aromatic heterocycles. The van der Waals surface area contributed by atoms with E-state index in [1.165, 1.54) is 38.4 Å². The minimum Gasteiger partial charge on any atom is -0.460 e. The molecule has 0 saturated carbocycles. The van der Waals surface area contributed by atoms with Crippen LogP contribution in [0.2, 0.25) is 0 Å². The summed E-state index contributed by atoms with van der Waals surface area (Å²) < 4.78 is 59.8. The Kier molecular flexibility index (Phi) is 11.7. The highest BCUT2D eigenvalue weighted by Crippen LogP contribution is 2.33. The van der Waals surface area contributed by atoms with Gasteiger partial charge in [0, 0.05) is 39.2 Å². The van der Waals surface area contributed by atoms with Gasteiger partial charge in [-0.2, -0.15) is 0 Å². The number of nitrogens with one attached hydrogen (secondary N) is 1. The quantitative estimate of drug-likeness (QED) is 0.227. The molecular formula is C36H49FN4O7S. The van der Waals surface area contributed by atoms with E-state index in [9.17, 15) is 22.4 Å². The van der Waals surface area contributed by atoms with Crippen molar-refractivity contribution in [3.63, 3.8) is 0 Å².